The molecule has 0 aromatic heterocycles. The molecule has 1 aliphatic heterocycles. The van der Waals surface area contributed by atoms with Crippen molar-refractivity contribution >= 4 is 17.3 Å². The zero-order valence-electron chi connectivity index (χ0n) is 12.4. The van der Waals surface area contributed by atoms with Gasteiger partial charge in [0.05, 0.1) is 12.7 Å². The fourth-order valence-electron chi connectivity index (χ4n) is 2.83. The van der Waals surface area contributed by atoms with Crippen molar-refractivity contribution < 1.29 is 14.6 Å². The Balaban J connectivity index is 2.01. The second-order valence-corrected chi connectivity index (χ2v) is 5.30. The van der Waals surface area contributed by atoms with Crippen molar-refractivity contribution in [2.75, 3.05) is 24.3 Å². The molecule has 2 aromatic rings. The number of rotatable bonds is 2. The first-order valence-corrected chi connectivity index (χ1v) is 7.18. The maximum absolute atomic E-state index is 12.8. The van der Waals surface area contributed by atoms with Crippen molar-refractivity contribution in [3.63, 3.8) is 0 Å². The quantitative estimate of drug-likeness (QED) is 0.836. The SMILES string of the molecule is COc1cccc(C(=O)N2CCCc3cc(N)ccc32)c1O. The third kappa shape index (κ3) is 2.35. The molecule has 2 aromatic carbocycles. The van der Waals surface area contributed by atoms with Crippen LogP contribution in [0.5, 0.6) is 11.5 Å². The van der Waals surface area contributed by atoms with Gasteiger partial charge < -0.3 is 20.5 Å². The summed E-state index contributed by atoms with van der Waals surface area (Å²) in [6.45, 7) is 0.617. The van der Waals surface area contributed by atoms with Crippen molar-refractivity contribution in [3.8, 4) is 11.5 Å². The smallest absolute Gasteiger partial charge is 0.262 e. The summed E-state index contributed by atoms with van der Waals surface area (Å²) in [5.41, 5.74) is 8.66. The molecule has 114 valence electrons. The van der Waals surface area contributed by atoms with Crippen LogP contribution in [0, 0.1) is 0 Å². The van der Waals surface area contributed by atoms with Crippen LogP contribution in [0.4, 0.5) is 11.4 Å². The van der Waals surface area contributed by atoms with E-state index >= 15 is 0 Å². The third-order valence-corrected chi connectivity index (χ3v) is 3.92. The Kier molecular flexibility index (Phi) is 3.63. The number of carbonyl (C=O) groups is 1. The van der Waals surface area contributed by atoms with Crippen molar-refractivity contribution in [1.82, 2.24) is 0 Å². The number of nitrogen functional groups attached to an aromatic ring is 1. The van der Waals surface area contributed by atoms with Gasteiger partial charge in [0, 0.05) is 17.9 Å². The predicted molar refractivity (Wildman–Crippen MR) is 85.5 cm³/mol. The fraction of sp³-hybridized carbons (Fsp3) is 0.235. The second kappa shape index (κ2) is 5.60. The van der Waals surface area contributed by atoms with Gasteiger partial charge in [-0.15, -0.1) is 0 Å². The fourth-order valence-corrected chi connectivity index (χ4v) is 2.83. The molecule has 5 nitrogen and oxygen atoms in total. The van der Waals surface area contributed by atoms with Gasteiger partial charge in [-0.25, -0.2) is 0 Å². The van der Waals surface area contributed by atoms with Crippen LogP contribution in [0.15, 0.2) is 36.4 Å². The van der Waals surface area contributed by atoms with Crippen LogP contribution in [0.3, 0.4) is 0 Å². The summed E-state index contributed by atoms with van der Waals surface area (Å²) >= 11 is 0. The Hall–Kier alpha value is -2.69. The van der Waals surface area contributed by atoms with E-state index in [2.05, 4.69) is 0 Å². The summed E-state index contributed by atoms with van der Waals surface area (Å²) in [6.07, 6.45) is 1.77. The number of fused-ring (bicyclic) bond motifs is 1. The van der Waals surface area contributed by atoms with Gasteiger partial charge in [-0.2, -0.15) is 0 Å². The van der Waals surface area contributed by atoms with E-state index in [1.165, 1.54) is 7.11 Å². The van der Waals surface area contributed by atoms with E-state index < -0.39 is 0 Å². The zero-order valence-corrected chi connectivity index (χ0v) is 12.4. The van der Waals surface area contributed by atoms with Crippen LogP contribution in [0.2, 0.25) is 0 Å². The lowest BCUT2D eigenvalue weighted by atomic mass is 10.00. The Morgan fingerprint density at radius 3 is 2.91 bits per heavy atom. The van der Waals surface area contributed by atoms with Gasteiger partial charge in [0.15, 0.2) is 11.5 Å². The molecule has 0 atom stereocenters. The highest BCUT2D eigenvalue weighted by molar-refractivity contribution is 6.09. The number of nitrogens with two attached hydrogens (primary N) is 1. The van der Waals surface area contributed by atoms with Crippen LogP contribution in [-0.2, 0) is 6.42 Å². The highest BCUT2D eigenvalue weighted by atomic mass is 16.5. The summed E-state index contributed by atoms with van der Waals surface area (Å²) in [7, 11) is 1.46. The van der Waals surface area contributed by atoms with Crippen molar-refractivity contribution in [3.05, 3.63) is 47.5 Å². The van der Waals surface area contributed by atoms with E-state index in [9.17, 15) is 9.90 Å². The first-order chi connectivity index (χ1) is 10.6. The Labute approximate surface area is 128 Å². The molecule has 0 fully saturated rings. The number of phenols is 1. The van der Waals surface area contributed by atoms with Crippen LogP contribution < -0.4 is 15.4 Å². The van der Waals surface area contributed by atoms with Crippen LogP contribution in [0.1, 0.15) is 22.3 Å². The predicted octanol–water partition coefficient (Wildman–Crippen LogP) is 2.58. The molecule has 3 rings (SSSR count). The number of carbonyl (C=O) groups excluding carboxylic acids is 1. The lowest BCUT2D eigenvalue weighted by molar-refractivity contribution is 0.0982. The number of anilines is 2. The molecule has 0 saturated carbocycles. The minimum atomic E-state index is -0.234. The first kappa shape index (κ1) is 14.3. The largest absolute Gasteiger partial charge is 0.504 e. The van der Waals surface area contributed by atoms with Gasteiger partial charge in [-0.1, -0.05) is 6.07 Å². The number of phenolic OH excluding ortho intramolecular Hbond substituents is 1. The molecule has 1 amide bonds. The molecule has 1 aliphatic rings. The average molecular weight is 298 g/mol. The number of aromatic hydroxyl groups is 1. The summed E-state index contributed by atoms with van der Waals surface area (Å²) in [5.74, 6) is -0.0694. The lowest BCUT2D eigenvalue weighted by Crippen LogP contribution is -2.35. The van der Waals surface area contributed by atoms with Crippen molar-refractivity contribution in [2.45, 2.75) is 12.8 Å². The number of nitrogens with zero attached hydrogens (tertiary/aromatic N) is 1. The van der Waals surface area contributed by atoms with Gasteiger partial charge in [-0.05, 0) is 48.7 Å². The van der Waals surface area contributed by atoms with Crippen LogP contribution in [-0.4, -0.2) is 24.7 Å². The van der Waals surface area contributed by atoms with Gasteiger partial charge in [0.1, 0.15) is 0 Å². The first-order valence-electron chi connectivity index (χ1n) is 7.18. The molecule has 0 spiro atoms. The summed E-state index contributed by atoms with van der Waals surface area (Å²) in [4.78, 5) is 14.5. The molecule has 0 unspecified atom stereocenters. The molecule has 3 N–H and O–H groups in total. The maximum atomic E-state index is 12.8. The van der Waals surface area contributed by atoms with E-state index in [4.69, 9.17) is 10.5 Å². The molecule has 1 heterocycles. The minimum absolute atomic E-state index is 0.127. The average Bonchev–Trinajstić information content (AvgIpc) is 2.53. The lowest BCUT2D eigenvalue weighted by Gasteiger charge is -2.30. The standard InChI is InChI=1S/C17H18N2O3/c1-22-15-6-2-5-13(16(15)20)17(21)19-9-3-4-11-10-12(18)7-8-14(11)19/h2,5-8,10,20H,3-4,9,18H2,1H3. The Morgan fingerprint density at radius 1 is 1.32 bits per heavy atom. The number of aryl methyl sites for hydroxylation is 1. The highest BCUT2D eigenvalue weighted by Crippen LogP contribution is 2.34. The number of ether oxygens (including phenoxy) is 1. The van der Waals surface area contributed by atoms with Gasteiger partial charge in [0.25, 0.3) is 5.91 Å². The van der Waals surface area contributed by atoms with Gasteiger partial charge >= 0.3 is 0 Å². The topological polar surface area (TPSA) is 75.8 Å². The number of benzene rings is 2. The molecular weight excluding hydrogens is 280 g/mol. The number of methoxy groups -OCH3 is 1. The minimum Gasteiger partial charge on any atom is -0.504 e. The molecule has 5 heteroatoms. The monoisotopic (exact) mass is 298 g/mol. The van der Waals surface area contributed by atoms with E-state index in [1.54, 1.807) is 29.2 Å². The Bertz CT molecular complexity index is 728. The molecule has 0 aliphatic carbocycles. The van der Waals surface area contributed by atoms with E-state index in [-0.39, 0.29) is 17.2 Å². The number of para-hydroxylation sites is 1. The Morgan fingerprint density at radius 2 is 2.14 bits per heavy atom. The van der Waals surface area contributed by atoms with Crippen molar-refractivity contribution in [1.29, 1.82) is 0 Å². The molecular formula is C17H18N2O3. The van der Waals surface area contributed by atoms with E-state index in [0.717, 1.165) is 24.1 Å². The molecule has 0 bridgehead atoms. The number of amides is 1. The van der Waals surface area contributed by atoms with E-state index in [0.29, 0.717) is 18.0 Å². The van der Waals surface area contributed by atoms with Gasteiger partial charge in [-0.3, -0.25) is 4.79 Å². The highest BCUT2D eigenvalue weighted by Gasteiger charge is 2.26. The molecule has 0 radical (unpaired) electrons. The normalized spacial score (nSPS) is 13.6. The number of hydrogen-bond donors (Lipinski definition) is 2. The van der Waals surface area contributed by atoms with Crippen molar-refractivity contribution in [2.24, 2.45) is 0 Å². The van der Waals surface area contributed by atoms with Crippen LogP contribution in [0.25, 0.3) is 0 Å². The molecule has 0 saturated heterocycles. The third-order valence-electron chi connectivity index (χ3n) is 3.92. The summed E-state index contributed by atoms with van der Waals surface area (Å²) in [5, 5.41) is 10.2. The van der Waals surface area contributed by atoms with E-state index in [1.807, 2.05) is 12.1 Å². The van der Waals surface area contributed by atoms with Crippen LogP contribution >= 0.6 is 0 Å². The summed E-state index contributed by atoms with van der Waals surface area (Å²) in [6, 6.07) is 10.5. The zero-order chi connectivity index (χ0) is 15.7. The maximum Gasteiger partial charge on any atom is 0.262 e. The van der Waals surface area contributed by atoms with Gasteiger partial charge in [0.2, 0.25) is 0 Å². The molecule has 22 heavy (non-hydrogen) atoms. The summed E-state index contributed by atoms with van der Waals surface area (Å²) < 4.78 is 5.07. The second-order valence-electron chi connectivity index (χ2n) is 5.30. The number of hydrogen-bond acceptors (Lipinski definition) is 4.